The lowest BCUT2D eigenvalue weighted by Gasteiger charge is -2.43. The molecule has 1 N–H and O–H groups in total. The molecular weight excluding hydrogens is 396 g/mol. The smallest absolute Gasteiger partial charge is 0.278 e. The highest BCUT2D eigenvalue weighted by Gasteiger charge is 2.37. The first-order valence-electron chi connectivity index (χ1n) is 9.93. The summed E-state index contributed by atoms with van der Waals surface area (Å²) in [6, 6.07) is 14.2. The molecule has 2 aromatic heterocycles. The normalized spacial score (nSPS) is 19.0. The highest BCUT2D eigenvalue weighted by atomic mass is 16.5. The summed E-state index contributed by atoms with van der Waals surface area (Å²) in [5.41, 5.74) is 0.934. The first kappa shape index (κ1) is 18.9. The summed E-state index contributed by atoms with van der Waals surface area (Å²) in [6.07, 6.45) is 6.89. The summed E-state index contributed by atoms with van der Waals surface area (Å²) < 4.78 is 7.54. The average molecular weight is 416 g/mol. The number of fused-ring (bicyclic) bond motifs is 5. The van der Waals surface area contributed by atoms with Crippen molar-refractivity contribution >= 4 is 5.91 Å². The van der Waals surface area contributed by atoms with Crippen molar-refractivity contribution in [1.29, 1.82) is 0 Å². The van der Waals surface area contributed by atoms with Gasteiger partial charge in [0.1, 0.15) is 30.8 Å². The molecule has 1 unspecified atom stereocenters. The minimum atomic E-state index is -0.598. The molecule has 2 bridgehead atoms. The van der Waals surface area contributed by atoms with E-state index >= 15 is 0 Å². The van der Waals surface area contributed by atoms with Crippen molar-refractivity contribution in [3.8, 4) is 11.5 Å². The zero-order chi connectivity index (χ0) is 21.4. The molecule has 1 atom stereocenters. The summed E-state index contributed by atoms with van der Waals surface area (Å²) >= 11 is 0. The van der Waals surface area contributed by atoms with Gasteiger partial charge in [0.25, 0.3) is 5.91 Å². The van der Waals surface area contributed by atoms with Gasteiger partial charge in [0.2, 0.25) is 5.43 Å². The topological polar surface area (TPSA) is 87.9 Å². The molecule has 2 aliphatic rings. The van der Waals surface area contributed by atoms with Crippen LogP contribution < -0.4 is 15.2 Å². The van der Waals surface area contributed by atoms with Crippen LogP contribution >= 0.6 is 0 Å². The van der Waals surface area contributed by atoms with Gasteiger partial charge in [-0.15, -0.1) is 0 Å². The Bertz CT molecular complexity index is 1220. The molecule has 156 valence electrons. The van der Waals surface area contributed by atoms with Crippen LogP contribution in [0, 0.1) is 0 Å². The number of pyridine rings is 2. The van der Waals surface area contributed by atoms with E-state index < -0.39 is 23.1 Å². The second-order valence-corrected chi connectivity index (χ2v) is 7.31. The van der Waals surface area contributed by atoms with Gasteiger partial charge in [-0.3, -0.25) is 24.3 Å². The molecule has 0 radical (unpaired) electrons. The Balaban J connectivity index is 1.80. The highest BCUT2D eigenvalue weighted by molar-refractivity contribution is 5.96. The van der Waals surface area contributed by atoms with Gasteiger partial charge in [-0.05, 0) is 23.8 Å². The van der Waals surface area contributed by atoms with Crippen molar-refractivity contribution in [1.82, 2.24) is 14.6 Å². The molecule has 1 amide bonds. The number of carbonyl (C=O) groups excluding carboxylic acids is 1. The predicted octanol–water partition coefficient (Wildman–Crippen LogP) is 2.04. The second kappa shape index (κ2) is 7.64. The SMILES string of the molecule is O=C1c2c(O)c(=O)ccn2N2CN1C/C=C\COc1cccnc1C2c1ccccc1. The number of carbonyl (C=O) groups is 1. The largest absolute Gasteiger partial charge is 0.502 e. The lowest BCUT2D eigenvalue weighted by molar-refractivity contribution is 0.0701. The Labute approximate surface area is 178 Å². The van der Waals surface area contributed by atoms with E-state index in [2.05, 4.69) is 4.98 Å². The minimum absolute atomic E-state index is 0.0641. The molecule has 0 fully saturated rings. The first-order valence-corrected chi connectivity index (χ1v) is 9.93. The van der Waals surface area contributed by atoms with Gasteiger partial charge in [-0.25, -0.2) is 0 Å². The van der Waals surface area contributed by atoms with Gasteiger partial charge in [-0.2, -0.15) is 0 Å². The Morgan fingerprint density at radius 1 is 1.03 bits per heavy atom. The van der Waals surface area contributed by atoms with Crippen LogP contribution in [0.5, 0.6) is 11.5 Å². The average Bonchev–Trinajstić information content (AvgIpc) is 2.82. The molecule has 1 aromatic carbocycles. The number of ether oxygens (including phenoxy) is 1. The summed E-state index contributed by atoms with van der Waals surface area (Å²) in [5, 5.41) is 12.4. The quantitative estimate of drug-likeness (QED) is 0.611. The van der Waals surface area contributed by atoms with Crippen molar-refractivity contribution < 1.29 is 14.6 Å². The number of aromatic nitrogens is 2. The molecule has 3 aromatic rings. The fourth-order valence-corrected chi connectivity index (χ4v) is 3.98. The highest BCUT2D eigenvalue weighted by Crippen LogP contribution is 2.35. The van der Waals surface area contributed by atoms with Gasteiger partial charge in [0.15, 0.2) is 11.4 Å². The number of hydrogen-bond acceptors (Lipinski definition) is 6. The van der Waals surface area contributed by atoms with Crippen LogP contribution in [0.4, 0.5) is 0 Å². The van der Waals surface area contributed by atoms with E-state index in [4.69, 9.17) is 4.74 Å². The molecular formula is C23H20N4O4. The molecule has 0 aliphatic carbocycles. The number of amides is 1. The molecule has 0 saturated carbocycles. The van der Waals surface area contributed by atoms with Crippen LogP contribution in [0.2, 0.25) is 0 Å². The Kier molecular flexibility index (Phi) is 4.66. The van der Waals surface area contributed by atoms with Gasteiger partial charge in [0, 0.05) is 25.0 Å². The Hall–Kier alpha value is -4.07. The van der Waals surface area contributed by atoms with Crippen LogP contribution in [-0.4, -0.2) is 45.4 Å². The molecule has 8 nitrogen and oxygen atoms in total. The van der Waals surface area contributed by atoms with E-state index in [0.717, 1.165) is 5.56 Å². The number of hydrogen-bond donors (Lipinski definition) is 1. The molecule has 4 heterocycles. The van der Waals surface area contributed by atoms with Crippen LogP contribution in [0.15, 0.2) is 77.9 Å². The minimum Gasteiger partial charge on any atom is -0.502 e. The number of benzene rings is 1. The fourth-order valence-electron chi connectivity index (χ4n) is 3.98. The molecule has 31 heavy (non-hydrogen) atoms. The monoisotopic (exact) mass is 416 g/mol. The van der Waals surface area contributed by atoms with Gasteiger partial charge in [0.05, 0.1) is 0 Å². The standard InChI is InChI=1S/C23H20N4O4/c28-17-10-13-26-21(22(17)29)23(30)25-12-4-5-14-31-18-9-6-11-24-19(18)20(27(26)15-25)16-7-2-1-3-8-16/h1-11,13,20,29H,12,14-15H2/b5-4-. The maximum atomic E-state index is 13.1. The van der Waals surface area contributed by atoms with Crippen molar-refractivity contribution in [2.24, 2.45) is 0 Å². The summed E-state index contributed by atoms with van der Waals surface area (Å²) in [5.74, 6) is -0.354. The van der Waals surface area contributed by atoms with Crippen LogP contribution in [0.25, 0.3) is 0 Å². The summed E-state index contributed by atoms with van der Waals surface area (Å²) in [6.45, 7) is 0.874. The van der Waals surface area contributed by atoms with Gasteiger partial charge >= 0.3 is 0 Å². The van der Waals surface area contributed by atoms with Crippen LogP contribution in [0.1, 0.15) is 27.8 Å². The zero-order valence-electron chi connectivity index (χ0n) is 16.6. The third-order valence-corrected chi connectivity index (χ3v) is 5.44. The second-order valence-electron chi connectivity index (χ2n) is 7.31. The van der Waals surface area contributed by atoms with E-state index in [0.29, 0.717) is 24.6 Å². The van der Waals surface area contributed by atoms with Crippen LogP contribution in [-0.2, 0) is 0 Å². The Morgan fingerprint density at radius 2 is 1.87 bits per heavy atom. The third kappa shape index (κ3) is 3.22. The van der Waals surface area contributed by atoms with E-state index in [-0.39, 0.29) is 12.4 Å². The summed E-state index contributed by atoms with van der Waals surface area (Å²) in [7, 11) is 0. The first-order chi connectivity index (χ1) is 15.1. The zero-order valence-corrected chi connectivity index (χ0v) is 16.6. The number of nitrogens with zero attached hydrogens (tertiary/aromatic N) is 4. The lowest BCUT2D eigenvalue weighted by atomic mass is 10.0. The van der Waals surface area contributed by atoms with Crippen molar-refractivity contribution in [2.45, 2.75) is 6.04 Å². The fraction of sp³-hybridized carbons (Fsp3) is 0.174. The number of rotatable bonds is 1. The lowest BCUT2D eigenvalue weighted by Crippen LogP contribution is -2.55. The molecule has 8 heteroatoms. The maximum Gasteiger partial charge on any atom is 0.278 e. The Morgan fingerprint density at radius 3 is 2.71 bits per heavy atom. The summed E-state index contributed by atoms with van der Waals surface area (Å²) in [4.78, 5) is 31.5. The van der Waals surface area contributed by atoms with Gasteiger partial charge in [-0.1, -0.05) is 36.4 Å². The predicted molar refractivity (Wildman–Crippen MR) is 114 cm³/mol. The molecule has 0 saturated heterocycles. The van der Waals surface area contributed by atoms with Crippen molar-refractivity contribution in [3.05, 3.63) is 100 Å². The molecule has 2 aliphatic heterocycles. The van der Waals surface area contributed by atoms with E-state index in [1.807, 2.05) is 59.6 Å². The van der Waals surface area contributed by atoms with E-state index in [1.54, 1.807) is 15.8 Å². The van der Waals surface area contributed by atoms with E-state index in [9.17, 15) is 14.7 Å². The van der Waals surface area contributed by atoms with E-state index in [1.165, 1.54) is 12.3 Å². The van der Waals surface area contributed by atoms with Gasteiger partial charge < -0.3 is 14.7 Å². The van der Waals surface area contributed by atoms with Crippen molar-refractivity contribution in [2.75, 3.05) is 24.8 Å². The number of aromatic hydroxyl groups is 1. The van der Waals surface area contributed by atoms with Crippen molar-refractivity contribution in [3.63, 3.8) is 0 Å². The van der Waals surface area contributed by atoms with Crippen LogP contribution in [0.3, 0.4) is 0 Å². The molecule has 5 rings (SSSR count). The maximum absolute atomic E-state index is 13.1. The third-order valence-electron chi connectivity index (χ3n) is 5.44. The molecule has 0 spiro atoms.